The van der Waals surface area contributed by atoms with Gasteiger partial charge in [-0.15, -0.1) is 0 Å². The molecule has 0 unspecified atom stereocenters. The van der Waals surface area contributed by atoms with Gasteiger partial charge in [-0.25, -0.2) is 0 Å². The third kappa shape index (κ3) is 3.76. The molecule has 2 rings (SSSR count). The lowest BCUT2D eigenvalue weighted by Gasteiger charge is -2.09. The number of hydrogen-bond acceptors (Lipinski definition) is 2. The summed E-state index contributed by atoms with van der Waals surface area (Å²) < 4.78 is 5.36. The number of allylic oxidation sites excluding steroid dienone is 1. The van der Waals surface area contributed by atoms with Crippen LogP contribution in [0, 0.1) is 0 Å². The largest absolute Gasteiger partial charge is 0.496 e. The minimum Gasteiger partial charge on any atom is -0.496 e. The van der Waals surface area contributed by atoms with Gasteiger partial charge < -0.3 is 10.1 Å². The van der Waals surface area contributed by atoms with Crippen molar-refractivity contribution in [3.63, 3.8) is 0 Å². The van der Waals surface area contributed by atoms with Crippen LogP contribution in [-0.2, 0) is 0 Å². The zero-order valence-electron chi connectivity index (χ0n) is 11.0. The molecule has 0 bridgehead atoms. The molecule has 0 heterocycles. The quantitative estimate of drug-likeness (QED) is 0.788. The Morgan fingerprint density at radius 2 is 2.28 bits per heavy atom. The summed E-state index contributed by atoms with van der Waals surface area (Å²) in [5.41, 5.74) is 2.29. The first-order valence-electron chi connectivity index (χ1n) is 6.45. The molecule has 1 aliphatic carbocycles. The summed E-state index contributed by atoms with van der Waals surface area (Å²) >= 11 is 6.03. The second-order valence-electron chi connectivity index (χ2n) is 4.75. The Bertz CT molecular complexity index is 438. The van der Waals surface area contributed by atoms with Crippen molar-refractivity contribution in [2.24, 2.45) is 0 Å². The molecule has 98 valence electrons. The molecule has 0 amide bonds. The van der Waals surface area contributed by atoms with E-state index in [2.05, 4.69) is 18.3 Å². The van der Waals surface area contributed by atoms with E-state index in [1.54, 1.807) is 7.11 Å². The lowest BCUT2D eigenvalue weighted by atomic mass is 10.1. The summed E-state index contributed by atoms with van der Waals surface area (Å²) in [6.45, 7) is 3.15. The standard InChI is InChI=1S/C15H20ClNO/c1-11(4-3-9-17-13-6-7-13)14-10-12(16)5-8-15(14)18-2/h4-5,8,10,13,17H,3,6-7,9H2,1-2H3. The molecule has 1 aliphatic rings. The molecular weight excluding hydrogens is 246 g/mol. The van der Waals surface area contributed by atoms with E-state index in [0.29, 0.717) is 0 Å². The number of nitrogens with one attached hydrogen (secondary N) is 1. The van der Waals surface area contributed by atoms with Crippen LogP contribution >= 0.6 is 11.6 Å². The average molecular weight is 266 g/mol. The van der Waals surface area contributed by atoms with Crippen molar-refractivity contribution in [3.05, 3.63) is 34.9 Å². The van der Waals surface area contributed by atoms with Crippen molar-refractivity contribution in [1.29, 1.82) is 0 Å². The second-order valence-corrected chi connectivity index (χ2v) is 5.19. The summed E-state index contributed by atoms with van der Waals surface area (Å²) in [5, 5.41) is 4.25. The summed E-state index contributed by atoms with van der Waals surface area (Å²) in [5.74, 6) is 0.878. The Kier molecular flexibility index (Phi) is 4.67. The van der Waals surface area contributed by atoms with Gasteiger partial charge in [0.25, 0.3) is 0 Å². The van der Waals surface area contributed by atoms with E-state index in [1.807, 2.05) is 18.2 Å². The second kappa shape index (κ2) is 6.26. The van der Waals surface area contributed by atoms with Gasteiger partial charge in [-0.05, 0) is 56.5 Å². The Balaban J connectivity index is 1.98. The minimum atomic E-state index is 0.745. The number of halogens is 1. The van der Waals surface area contributed by atoms with Crippen molar-refractivity contribution >= 4 is 17.2 Å². The predicted octanol–water partition coefficient (Wildman–Crippen LogP) is 3.89. The molecule has 1 fully saturated rings. The van der Waals surface area contributed by atoms with E-state index >= 15 is 0 Å². The monoisotopic (exact) mass is 265 g/mol. The van der Waals surface area contributed by atoms with Crippen molar-refractivity contribution in [2.45, 2.75) is 32.2 Å². The molecular formula is C15H20ClNO. The zero-order valence-corrected chi connectivity index (χ0v) is 11.8. The lowest BCUT2D eigenvalue weighted by molar-refractivity contribution is 0.413. The highest BCUT2D eigenvalue weighted by atomic mass is 35.5. The van der Waals surface area contributed by atoms with Gasteiger partial charge in [0.1, 0.15) is 5.75 Å². The van der Waals surface area contributed by atoms with E-state index < -0.39 is 0 Å². The molecule has 3 heteroatoms. The molecule has 0 radical (unpaired) electrons. The Morgan fingerprint density at radius 1 is 1.50 bits per heavy atom. The topological polar surface area (TPSA) is 21.3 Å². The van der Waals surface area contributed by atoms with E-state index in [1.165, 1.54) is 18.4 Å². The fourth-order valence-electron chi connectivity index (χ4n) is 1.96. The summed E-state index contributed by atoms with van der Waals surface area (Å²) in [4.78, 5) is 0. The molecule has 0 aromatic heterocycles. The van der Waals surface area contributed by atoms with Gasteiger partial charge in [0, 0.05) is 16.6 Å². The molecule has 1 saturated carbocycles. The van der Waals surface area contributed by atoms with Gasteiger partial charge in [-0.3, -0.25) is 0 Å². The fourth-order valence-corrected chi connectivity index (χ4v) is 2.13. The molecule has 0 saturated heterocycles. The fraction of sp³-hybridized carbons (Fsp3) is 0.467. The third-order valence-electron chi connectivity index (χ3n) is 3.19. The number of benzene rings is 1. The Morgan fingerprint density at radius 3 is 2.94 bits per heavy atom. The minimum absolute atomic E-state index is 0.745. The summed E-state index contributed by atoms with van der Waals surface area (Å²) in [7, 11) is 1.69. The number of hydrogen-bond donors (Lipinski definition) is 1. The van der Waals surface area contributed by atoms with E-state index in [4.69, 9.17) is 16.3 Å². The van der Waals surface area contributed by atoms with Crippen LogP contribution in [-0.4, -0.2) is 19.7 Å². The maximum absolute atomic E-state index is 6.03. The van der Waals surface area contributed by atoms with Crippen LogP contribution in [0.2, 0.25) is 5.02 Å². The molecule has 0 atom stereocenters. The third-order valence-corrected chi connectivity index (χ3v) is 3.43. The first-order chi connectivity index (χ1) is 8.70. The predicted molar refractivity (Wildman–Crippen MR) is 77.3 cm³/mol. The highest BCUT2D eigenvalue weighted by Crippen LogP contribution is 2.29. The van der Waals surface area contributed by atoms with E-state index in [0.717, 1.165) is 35.3 Å². The molecule has 18 heavy (non-hydrogen) atoms. The van der Waals surface area contributed by atoms with Crippen molar-refractivity contribution in [3.8, 4) is 5.75 Å². The average Bonchev–Trinajstić information content (AvgIpc) is 3.18. The van der Waals surface area contributed by atoms with Crippen LogP contribution in [0.25, 0.3) is 5.57 Å². The number of ether oxygens (including phenoxy) is 1. The normalized spacial score (nSPS) is 15.8. The van der Waals surface area contributed by atoms with Gasteiger partial charge in [0.2, 0.25) is 0 Å². The van der Waals surface area contributed by atoms with Gasteiger partial charge in [0.15, 0.2) is 0 Å². The molecule has 2 nitrogen and oxygen atoms in total. The Hall–Kier alpha value is -0.990. The maximum Gasteiger partial charge on any atom is 0.126 e. The van der Waals surface area contributed by atoms with Gasteiger partial charge in [0.05, 0.1) is 7.11 Å². The molecule has 1 aromatic carbocycles. The SMILES string of the molecule is COc1ccc(Cl)cc1C(C)=CCCNC1CC1. The molecule has 0 spiro atoms. The van der Waals surface area contributed by atoms with Crippen LogP contribution in [0.3, 0.4) is 0 Å². The van der Waals surface area contributed by atoms with Crippen LogP contribution in [0.15, 0.2) is 24.3 Å². The van der Waals surface area contributed by atoms with Crippen LogP contribution < -0.4 is 10.1 Å². The van der Waals surface area contributed by atoms with Gasteiger partial charge >= 0.3 is 0 Å². The van der Waals surface area contributed by atoms with Crippen LogP contribution in [0.5, 0.6) is 5.75 Å². The number of rotatable bonds is 6. The zero-order chi connectivity index (χ0) is 13.0. The summed E-state index contributed by atoms with van der Waals surface area (Å²) in [6, 6.07) is 6.50. The maximum atomic E-state index is 6.03. The van der Waals surface area contributed by atoms with E-state index in [9.17, 15) is 0 Å². The highest BCUT2D eigenvalue weighted by molar-refractivity contribution is 6.30. The van der Waals surface area contributed by atoms with Gasteiger partial charge in [-0.2, -0.15) is 0 Å². The van der Waals surface area contributed by atoms with Crippen molar-refractivity contribution in [1.82, 2.24) is 5.32 Å². The number of methoxy groups -OCH3 is 1. The van der Waals surface area contributed by atoms with Crippen molar-refractivity contribution in [2.75, 3.05) is 13.7 Å². The highest BCUT2D eigenvalue weighted by Gasteiger charge is 2.19. The lowest BCUT2D eigenvalue weighted by Crippen LogP contribution is -2.16. The summed E-state index contributed by atoms with van der Waals surface area (Å²) in [6.07, 6.45) is 5.96. The molecule has 1 N–H and O–H groups in total. The van der Waals surface area contributed by atoms with Crippen molar-refractivity contribution < 1.29 is 4.74 Å². The van der Waals surface area contributed by atoms with E-state index in [-0.39, 0.29) is 0 Å². The first-order valence-corrected chi connectivity index (χ1v) is 6.82. The molecule has 0 aliphatic heterocycles. The molecule has 1 aromatic rings. The van der Waals surface area contributed by atoms with Crippen LogP contribution in [0.4, 0.5) is 0 Å². The first kappa shape index (κ1) is 13.4. The van der Waals surface area contributed by atoms with Gasteiger partial charge in [-0.1, -0.05) is 17.7 Å². The Labute approximate surface area is 114 Å². The van der Waals surface area contributed by atoms with Crippen LogP contribution in [0.1, 0.15) is 31.7 Å². The smallest absolute Gasteiger partial charge is 0.126 e.